The minimum atomic E-state index is -0.667. The lowest BCUT2D eigenvalue weighted by Gasteiger charge is -2.23. The quantitative estimate of drug-likeness (QED) is 0.823. The summed E-state index contributed by atoms with van der Waals surface area (Å²) in [6.45, 7) is 1.99. The van der Waals surface area contributed by atoms with E-state index in [9.17, 15) is 14.7 Å². The second kappa shape index (κ2) is 6.61. The fourth-order valence-corrected chi connectivity index (χ4v) is 4.33. The Balaban J connectivity index is 1.53. The summed E-state index contributed by atoms with van der Waals surface area (Å²) >= 11 is 3.41. The van der Waals surface area contributed by atoms with Gasteiger partial charge in [0.1, 0.15) is 0 Å². The third kappa shape index (κ3) is 3.28. The molecule has 1 amide bonds. The molecule has 0 aromatic heterocycles. The summed E-state index contributed by atoms with van der Waals surface area (Å²) in [5.41, 5.74) is 0.191. The third-order valence-electron chi connectivity index (χ3n) is 5.17. The summed E-state index contributed by atoms with van der Waals surface area (Å²) in [6, 6.07) is 7.50. The third-order valence-corrected chi connectivity index (χ3v) is 5.86. The number of rotatable bonds is 5. The van der Waals surface area contributed by atoms with Crippen LogP contribution in [0.4, 0.5) is 5.69 Å². The Labute approximate surface area is 144 Å². The predicted molar refractivity (Wildman–Crippen MR) is 91.2 cm³/mol. The van der Waals surface area contributed by atoms with Crippen molar-refractivity contribution in [3.63, 3.8) is 0 Å². The van der Waals surface area contributed by atoms with Crippen LogP contribution in [0.15, 0.2) is 28.7 Å². The molecule has 1 aromatic carbocycles. The number of anilines is 1. The Morgan fingerprint density at radius 2 is 2.17 bits per heavy atom. The largest absolute Gasteiger partial charge is 0.481 e. The first-order valence-electron chi connectivity index (χ1n) is 8.01. The molecule has 1 aliphatic carbocycles. The zero-order valence-corrected chi connectivity index (χ0v) is 14.5. The first kappa shape index (κ1) is 16.5. The number of likely N-dealkylation sites (tertiary alicyclic amines) is 1. The monoisotopic (exact) mass is 380 g/mol. The number of benzene rings is 1. The highest BCUT2D eigenvalue weighted by Gasteiger charge is 2.54. The molecule has 1 aromatic rings. The first-order chi connectivity index (χ1) is 11.0. The fraction of sp³-hybridized carbons (Fsp3) is 0.529. The smallest absolute Gasteiger partial charge is 0.311 e. The van der Waals surface area contributed by atoms with E-state index in [1.807, 2.05) is 24.3 Å². The number of carbonyl (C=O) groups excluding carboxylic acids is 1. The molecule has 2 fully saturated rings. The van der Waals surface area contributed by atoms with Gasteiger partial charge in [-0.25, -0.2) is 0 Å². The summed E-state index contributed by atoms with van der Waals surface area (Å²) in [7, 11) is 0. The van der Waals surface area contributed by atoms with Crippen LogP contribution in [0, 0.1) is 11.3 Å². The normalized spacial score (nSPS) is 26.9. The SMILES string of the molecule is O=C(CCN1C[C@@H]2CCC[C@@]2(C(=O)O)C1)Nc1ccccc1Br. The topological polar surface area (TPSA) is 69.6 Å². The highest BCUT2D eigenvalue weighted by molar-refractivity contribution is 9.10. The molecule has 0 radical (unpaired) electrons. The molecule has 3 rings (SSSR count). The molecule has 6 heteroatoms. The van der Waals surface area contributed by atoms with Crippen molar-refractivity contribution in [1.82, 2.24) is 4.90 Å². The maximum absolute atomic E-state index is 12.1. The lowest BCUT2D eigenvalue weighted by Crippen LogP contribution is -2.36. The number of hydrogen-bond donors (Lipinski definition) is 2. The molecule has 5 nitrogen and oxygen atoms in total. The van der Waals surface area contributed by atoms with Gasteiger partial charge in [0.15, 0.2) is 0 Å². The minimum absolute atomic E-state index is 0.0432. The number of hydrogen-bond acceptors (Lipinski definition) is 3. The second-order valence-electron chi connectivity index (χ2n) is 6.56. The number of para-hydroxylation sites is 1. The summed E-state index contributed by atoms with van der Waals surface area (Å²) in [5, 5.41) is 12.5. The molecule has 2 aliphatic rings. The predicted octanol–water partition coefficient (Wildman–Crippen LogP) is 2.96. The van der Waals surface area contributed by atoms with Crippen molar-refractivity contribution in [2.75, 3.05) is 25.0 Å². The van der Waals surface area contributed by atoms with Gasteiger partial charge < -0.3 is 15.3 Å². The summed E-state index contributed by atoms with van der Waals surface area (Å²) in [6.07, 6.45) is 3.15. The highest BCUT2D eigenvalue weighted by Crippen LogP contribution is 2.48. The summed E-state index contributed by atoms with van der Waals surface area (Å²) in [4.78, 5) is 25.9. The van der Waals surface area contributed by atoms with Crippen molar-refractivity contribution < 1.29 is 14.7 Å². The maximum atomic E-state index is 12.1. The van der Waals surface area contributed by atoms with Crippen molar-refractivity contribution in [3.8, 4) is 0 Å². The first-order valence-corrected chi connectivity index (χ1v) is 8.81. The molecule has 1 saturated carbocycles. The number of nitrogens with one attached hydrogen (secondary N) is 1. The molecule has 2 N–H and O–H groups in total. The number of amides is 1. The summed E-state index contributed by atoms with van der Waals surface area (Å²) < 4.78 is 0.855. The van der Waals surface area contributed by atoms with Crippen molar-refractivity contribution in [2.24, 2.45) is 11.3 Å². The van der Waals surface area contributed by atoms with E-state index in [0.29, 0.717) is 19.5 Å². The molecular weight excluding hydrogens is 360 g/mol. The molecule has 2 atom stereocenters. The van der Waals surface area contributed by atoms with Gasteiger partial charge in [0.2, 0.25) is 5.91 Å². The standard InChI is InChI=1S/C17H21BrN2O3/c18-13-5-1-2-6-14(13)19-15(21)7-9-20-10-12-4-3-8-17(12,11-20)16(22)23/h1-2,5-6,12H,3-4,7-11H2,(H,19,21)(H,22,23)/t12-,17+/m0/s1. The molecule has 0 bridgehead atoms. The number of carboxylic acids is 1. The van der Waals surface area contributed by atoms with Gasteiger partial charge >= 0.3 is 5.97 Å². The van der Waals surface area contributed by atoms with E-state index in [1.54, 1.807) is 0 Å². The van der Waals surface area contributed by atoms with E-state index in [-0.39, 0.29) is 11.8 Å². The van der Waals surface area contributed by atoms with Crippen molar-refractivity contribution in [2.45, 2.75) is 25.7 Å². The van der Waals surface area contributed by atoms with Gasteiger partial charge in [-0.3, -0.25) is 9.59 Å². The number of fused-ring (bicyclic) bond motifs is 1. The average Bonchev–Trinajstić information content (AvgIpc) is 3.05. The van der Waals surface area contributed by atoms with Gasteiger partial charge in [0.05, 0.1) is 11.1 Å². The average molecular weight is 381 g/mol. The van der Waals surface area contributed by atoms with Crippen molar-refractivity contribution in [1.29, 1.82) is 0 Å². The number of nitrogens with zero attached hydrogens (tertiary/aromatic N) is 1. The van der Waals surface area contributed by atoms with Crippen LogP contribution in [0.25, 0.3) is 0 Å². The van der Waals surface area contributed by atoms with Crippen LogP contribution in [0.1, 0.15) is 25.7 Å². The van der Waals surface area contributed by atoms with Crippen LogP contribution in [0.2, 0.25) is 0 Å². The van der Waals surface area contributed by atoms with Crippen LogP contribution >= 0.6 is 15.9 Å². The van der Waals surface area contributed by atoms with Crippen LogP contribution in [0.3, 0.4) is 0 Å². The molecule has 124 valence electrons. The molecule has 1 aliphatic heterocycles. The Morgan fingerprint density at radius 1 is 1.39 bits per heavy atom. The Bertz CT molecular complexity index is 622. The Morgan fingerprint density at radius 3 is 2.87 bits per heavy atom. The lowest BCUT2D eigenvalue weighted by atomic mass is 9.81. The van der Waals surface area contributed by atoms with Crippen LogP contribution in [0.5, 0.6) is 0 Å². The highest BCUT2D eigenvalue weighted by atomic mass is 79.9. The number of halogens is 1. The zero-order valence-electron chi connectivity index (χ0n) is 12.9. The molecular formula is C17H21BrN2O3. The number of aliphatic carboxylic acids is 1. The fourth-order valence-electron chi connectivity index (χ4n) is 3.95. The van der Waals surface area contributed by atoms with Gasteiger partial charge in [0, 0.05) is 30.5 Å². The molecule has 0 unspecified atom stereocenters. The van der Waals surface area contributed by atoms with Gasteiger partial charge in [-0.15, -0.1) is 0 Å². The zero-order chi connectivity index (χ0) is 16.4. The van der Waals surface area contributed by atoms with E-state index >= 15 is 0 Å². The number of carboxylic acid groups (broad SMARTS) is 1. The number of carbonyl (C=O) groups is 2. The lowest BCUT2D eigenvalue weighted by molar-refractivity contribution is -0.149. The van der Waals surface area contributed by atoms with Crippen LogP contribution < -0.4 is 5.32 Å². The van der Waals surface area contributed by atoms with Gasteiger partial charge in [-0.1, -0.05) is 18.6 Å². The summed E-state index contributed by atoms with van der Waals surface area (Å²) in [5.74, 6) is -0.468. The molecule has 0 spiro atoms. The van der Waals surface area contributed by atoms with E-state index in [1.165, 1.54) is 0 Å². The second-order valence-corrected chi connectivity index (χ2v) is 7.42. The van der Waals surface area contributed by atoms with Gasteiger partial charge in [0.25, 0.3) is 0 Å². The molecule has 1 heterocycles. The van der Waals surface area contributed by atoms with E-state index < -0.39 is 11.4 Å². The van der Waals surface area contributed by atoms with E-state index in [0.717, 1.165) is 36.0 Å². The van der Waals surface area contributed by atoms with Gasteiger partial charge in [-0.2, -0.15) is 0 Å². The van der Waals surface area contributed by atoms with Gasteiger partial charge in [-0.05, 0) is 46.8 Å². The van der Waals surface area contributed by atoms with E-state index in [4.69, 9.17) is 0 Å². The van der Waals surface area contributed by atoms with Crippen LogP contribution in [-0.2, 0) is 9.59 Å². The van der Waals surface area contributed by atoms with Crippen molar-refractivity contribution >= 4 is 33.5 Å². The van der Waals surface area contributed by atoms with E-state index in [2.05, 4.69) is 26.1 Å². The minimum Gasteiger partial charge on any atom is -0.481 e. The Kier molecular flexibility index (Phi) is 4.73. The van der Waals surface area contributed by atoms with Crippen LogP contribution in [-0.4, -0.2) is 41.5 Å². The molecule has 23 heavy (non-hydrogen) atoms. The molecule has 1 saturated heterocycles. The Hall–Kier alpha value is -1.40. The maximum Gasteiger partial charge on any atom is 0.311 e. The van der Waals surface area contributed by atoms with Crippen molar-refractivity contribution in [3.05, 3.63) is 28.7 Å².